The minimum atomic E-state index is 0. The number of nitrogens with zero attached hydrogens (tertiary/aromatic N) is 1. The van der Waals surface area contributed by atoms with Gasteiger partial charge in [0.05, 0.1) is 16.5 Å². The Morgan fingerprint density at radius 2 is 1.63 bits per heavy atom. The van der Waals surface area contributed by atoms with Crippen molar-refractivity contribution in [1.82, 2.24) is 0 Å². The summed E-state index contributed by atoms with van der Waals surface area (Å²) in [6.07, 6.45) is 0. The molecule has 0 bridgehead atoms. The average molecular weight is 330 g/mol. The highest BCUT2D eigenvalue weighted by Crippen LogP contribution is 2.33. The van der Waals surface area contributed by atoms with Crippen LogP contribution >= 0.6 is 11.3 Å². The van der Waals surface area contributed by atoms with Gasteiger partial charge in [0.15, 0.2) is 6.54 Å². The van der Waals surface area contributed by atoms with Crippen molar-refractivity contribution >= 4 is 11.3 Å². The average Bonchev–Trinajstić information content (AvgIpc) is 2.98. The lowest BCUT2D eigenvalue weighted by molar-refractivity contribution is -0.656. The summed E-state index contributed by atoms with van der Waals surface area (Å²) < 4.78 is 2.42. The first kappa shape index (κ1) is 12.6. The van der Waals surface area contributed by atoms with Gasteiger partial charge in [-0.15, -0.1) is 0 Å². The number of fused-ring (bicyclic) bond motifs is 3. The second kappa shape index (κ2) is 4.91. The van der Waals surface area contributed by atoms with Gasteiger partial charge in [-0.1, -0.05) is 47.7 Å². The fraction of sp³-hybridized carbons (Fsp3) is 0.0625. The van der Waals surface area contributed by atoms with E-state index < -0.39 is 0 Å². The van der Waals surface area contributed by atoms with Crippen LogP contribution in [0.1, 0.15) is 5.56 Å². The molecule has 0 saturated heterocycles. The normalized spacial score (nSPS) is 11.6. The Morgan fingerprint density at radius 1 is 0.895 bits per heavy atom. The summed E-state index contributed by atoms with van der Waals surface area (Å²) in [5.41, 5.74) is 5.48. The molecule has 1 aliphatic rings. The number of thiazole rings is 1. The molecule has 0 atom stereocenters. The smallest absolute Gasteiger partial charge is 0.269 e. The van der Waals surface area contributed by atoms with Gasteiger partial charge in [-0.25, -0.2) is 0 Å². The molecule has 0 N–H and O–H groups in total. The third kappa shape index (κ3) is 1.94. The zero-order chi connectivity index (χ0) is 11.9. The fourth-order valence-corrected chi connectivity index (χ4v) is 3.64. The lowest BCUT2D eigenvalue weighted by atomic mass is 10.1. The van der Waals surface area contributed by atoms with Gasteiger partial charge in [0, 0.05) is 5.56 Å². The molecule has 19 heavy (non-hydrogen) atoms. The maximum atomic E-state index is 2.42. The molecule has 2 heterocycles. The molecule has 3 aromatic rings. The summed E-state index contributed by atoms with van der Waals surface area (Å²) in [4.78, 5) is 0. The molecule has 1 aliphatic heterocycles. The van der Waals surface area contributed by atoms with Gasteiger partial charge in [0.25, 0.3) is 5.01 Å². The first-order valence-corrected chi connectivity index (χ1v) is 6.96. The van der Waals surface area contributed by atoms with E-state index in [0.29, 0.717) is 0 Å². The Bertz CT molecular complexity index is 719. The molecule has 1 aromatic heterocycles. The van der Waals surface area contributed by atoms with Crippen LogP contribution in [0.5, 0.6) is 0 Å². The predicted molar refractivity (Wildman–Crippen MR) is 74.5 cm³/mol. The van der Waals surface area contributed by atoms with Gasteiger partial charge < -0.3 is 17.0 Å². The van der Waals surface area contributed by atoms with Gasteiger partial charge in [-0.3, -0.25) is 0 Å². The summed E-state index contributed by atoms with van der Waals surface area (Å²) in [6.45, 7) is 0.999. The van der Waals surface area contributed by atoms with Crippen molar-refractivity contribution in [2.75, 3.05) is 0 Å². The minimum Gasteiger partial charge on any atom is -1.00 e. The number of rotatable bonds is 1. The molecular formula is C16H12BrNS. The molecule has 0 unspecified atom stereocenters. The molecule has 94 valence electrons. The van der Waals surface area contributed by atoms with Crippen LogP contribution in [0, 0.1) is 0 Å². The standard InChI is InChI=1S/C16H12NS.BrH/c1-2-6-12(7-3-1)16-17-10-13-8-4-5-9-14(13)15(17)11-18-16;/h1-9,11H,10H2;1H/q+1;/p-1. The van der Waals surface area contributed by atoms with E-state index in [-0.39, 0.29) is 17.0 Å². The lowest BCUT2D eigenvalue weighted by Crippen LogP contribution is -3.00. The van der Waals surface area contributed by atoms with Crippen LogP contribution in [-0.4, -0.2) is 0 Å². The van der Waals surface area contributed by atoms with Crippen molar-refractivity contribution in [3.05, 3.63) is 65.5 Å². The van der Waals surface area contributed by atoms with Crippen LogP contribution < -0.4 is 21.5 Å². The number of hydrogen-bond acceptors (Lipinski definition) is 1. The van der Waals surface area contributed by atoms with Crippen LogP contribution in [0.4, 0.5) is 0 Å². The SMILES string of the molecule is [Br-].c1ccc(-c2scc3[n+]2Cc2ccccc2-3)cc1. The van der Waals surface area contributed by atoms with Crippen molar-refractivity contribution in [2.24, 2.45) is 0 Å². The molecule has 0 saturated carbocycles. The van der Waals surface area contributed by atoms with Crippen LogP contribution in [-0.2, 0) is 6.54 Å². The quantitative estimate of drug-likeness (QED) is 0.453. The maximum absolute atomic E-state index is 2.42. The molecule has 1 nitrogen and oxygen atoms in total. The summed E-state index contributed by atoms with van der Waals surface area (Å²) in [5, 5.41) is 3.62. The van der Waals surface area contributed by atoms with Crippen LogP contribution in [0.25, 0.3) is 21.8 Å². The van der Waals surface area contributed by atoms with Crippen molar-refractivity contribution in [2.45, 2.75) is 6.54 Å². The molecule has 0 amide bonds. The highest BCUT2D eigenvalue weighted by atomic mass is 79.9. The summed E-state index contributed by atoms with van der Waals surface area (Å²) in [7, 11) is 0. The van der Waals surface area contributed by atoms with E-state index in [0.717, 1.165) is 6.54 Å². The fourth-order valence-electron chi connectivity index (χ4n) is 2.60. The number of aromatic nitrogens is 1. The van der Waals surface area contributed by atoms with Gasteiger partial charge in [-0.2, -0.15) is 4.57 Å². The molecule has 0 radical (unpaired) electrons. The lowest BCUT2D eigenvalue weighted by Gasteiger charge is -1.94. The molecule has 3 heteroatoms. The van der Waals surface area contributed by atoms with Crippen LogP contribution in [0.3, 0.4) is 0 Å². The largest absolute Gasteiger partial charge is 1.00 e. The Morgan fingerprint density at radius 3 is 2.47 bits per heavy atom. The van der Waals surface area contributed by atoms with Gasteiger partial charge in [-0.05, 0) is 18.2 Å². The van der Waals surface area contributed by atoms with Crippen molar-refractivity contribution in [3.8, 4) is 21.8 Å². The molecule has 0 fully saturated rings. The predicted octanol–water partition coefficient (Wildman–Crippen LogP) is 0.735. The summed E-state index contributed by atoms with van der Waals surface area (Å²) in [6, 6.07) is 19.3. The Balaban J connectivity index is 0.00000110. The summed E-state index contributed by atoms with van der Waals surface area (Å²) in [5.74, 6) is 0. The molecule has 0 aliphatic carbocycles. The molecule has 0 spiro atoms. The number of halogens is 1. The van der Waals surface area contributed by atoms with E-state index in [1.807, 2.05) is 11.3 Å². The van der Waals surface area contributed by atoms with E-state index >= 15 is 0 Å². The number of hydrogen-bond donors (Lipinski definition) is 0. The summed E-state index contributed by atoms with van der Waals surface area (Å²) >= 11 is 1.83. The Labute approximate surface area is 126 Å². The second-order valence-electron chi connectivity index (χ2n) is 4.54. The Hall–Kier alpha value is -1.45. The first-order chi connectivity index (χ1) is 8.93. The van der Waals surface area contributed by atoms with Crippen molar-refractivity contribution < 1.29 is 21.5 Å². The van der Waals surface area contributed by atoms with Gasteiger partial charge >= 0.3 is 0 Å². The van der Waals surface area contributed by atoms with Crippen LogP contribution in [0.2, 0.25) is 0 Å². The van der Waals surface area contributed by atoms with E-state index in [4.69, 9.17) is 0 Å². The van der Waals surface area contributed by atoms with E-state index in [9.17, 15) is 0 Å². The van der Waals surface area contributed by atoms with Gasteiger partial charge in [0.1, 0.15) is 0 Å². The van der Waals surface area contributed by atoms with E-state index in [1.54, 1.807) is 0 Å². The first-order valence-electron chi connectivity index (χ1n) is 6.08. The van der Waals surface area contributed by atoms with E-state index in [1.165, 1.54) is 27.4 Å². The third-order valence-electron chi connectivity index (χ3n) is 3.46. The number of benzene rings is 2. The second-order valence-corrected chi connectivity index (χ2v) is 5.39. The highest BCUT2D eigenvalue weighted by Gasteiger charge is 2.31. The molecule has 4 rings (SSSR count). The van der Waals surface area contributed by atoms with E-state index in [2.05, 4.69) is 64.5 Å². The molecule has 2 aromatic carbocycles. The van der Waals surface area contributed by atoms with Crippen molar-refractivity contribution in [3.63, 3.8) is 0 Å². The zero-order valence-corrected chi connectivity index (χ0v) is 12.6. The van der Waals surface area contributed by atoms with Gasteiger partial charge in [0.2, 0.25) is 5.69 Å². The van der Waals surface area contributed by atoms with Crippen LogP contribution in [0.15, 0.2) is 60.0 Å². The minimum absolute atomic E-state index is 0. The van der Waals surface area contributed by atoms with Crippen molar-refractivity contribution in [1.29, 1.82) is 0 Å². The molecular weight excluding hydrogens is 318 g/mol. The monoisotopic (exact) mass is 329 g/mol. The zero-order valence-electron chi connectivity index (χ0n) is 10.2. The third-order valence-corrected chi connectivity index (χ3v) is 4.48. The topological polar surface area (TPSA) is 3.88 Å². The Kier molecular flexibility index (Phi) is 3.25. The maximum Gasteiger partial charge on any atom is 0.269 e. The highest BCUT2D eigenvalue weighted by molar-refractivity contribution is 7.13.